The molecule has 3 nitrogen and oxygen atoms in total. The third kappa shape index (κ3) is 2.38. The molecule has 0 amide bonds. The zero-order valence-electron chi connectivity index (χ0n) is 9.92. The van der Waals surface area contributed by atoms with Crippen molar-refractivity contribution < 1.29 is 4.79 Å². The Morgan fingerprint density at radius 3 is 2.53 bits per heavy atom. The van der Waals surface area contributed by atoms with E-state index < -0.39 is 0 Å². The third-order valence-corrected chi connectivity index (χ3v) is 2.69. The van der Waals surface area contributed by atoms with Crippen LogP contribution in [0.25, 0.3) is 11.3 Å². The highest BCUT2D eigenvalue weighted by atomic mass is 16.1. The Labute approximate surface area is 101 Å². The standard InChI is InChI=1S/C14H14N2O/c1-10(2)12-7-13(9-17)14(16-8-12)11-3-5-15-6-4-11/h3-10H,1-2H3. The van der Waals surface area contributed by atoms with Gasteiger partial charge in [0.25, 0.3) is 0 Å². The molecule has 0 atom stereocenters. The smallest absolute Gasteiger partial charge is 0.152 e. The Balaban J connectivity index is 2.52. The van der Waals surface area contributed by atoms with Gasteiger partial charge in [-0.2, -0.15) is 0 Å². The number of rotatable bonds is 3. The van der Waals surface area contributed by atoms with Crippen LogP contribution in [0.3, 0.4) is 0 Å². The van der Waals surface area contributed by atoms with Gasteiger partial charge in [0.15, 0.2) is 6.29 Å². The lowest BCUT2D eigenvalue weighted by molar-refractivity contribution is 0.112. The summed E-state index contributed by atoms with van der Waals surface area (Å²) in [5, 5.41) is 0. The predicted molar refractivity (Wildman–Crippen MR) is 66.9 cm³/mol. The summed E-state index contributed by atoms with van der Waals surface area (Å²) in [5.41, 5.74) is 3.33. The minimum atomic E-state index is 0.368. The number of hydrogen-bond acceptors (Lipinski definition) is 3. The highest BCUT2D eigenvalue weighted by molar-refractivity contribution is 5.85. The van der Waals surface area contributed by atoms with Crippen LogP contribution in [-0.4, -0.2) is 16.3 Å². The van der Waals surface area contributed by atoms with E-state index in [9.17, 15) is 4.79 Å². The highest BCUT2D eigenvalue weighted by Crippen LogP contribution is 2.23. The molecule has 0 radical (unpaired) electrons. The minimum absolute atomic E-state index is 0.368. The average Bonchev–Trinajstić information content (AvgIpc) is 2.39. The monoisotopic (exact) mass is 226 g/mol. The molecule has 2 rings (SSSR count). The lowest BCUT2D eigenvalue weighted by atomic mass is 10.0. The van der Waals surface area contributed by atoms with E-state index in [-0.39, 0.29) is 0 Å². The van der Waals surface area contributed by atoms with E-state index in [1.807, 2.05) is 24.4 Å². The first-order valence-electron chi connectivity index (χ1n) is 5.58. The first-order chi connectivity index (χ1) is 8.22. The van der Waals surface area contributed by atoms with E-state index >= 15 is 0 Å². The van der Waals surface area contributed by atoms with E-state index in [2.05, 4.69) is 23.8 Å². The van der Waals surface area contributed by atoms with Crippen molar-refractivity contribution in [1.29, 1.82) is 0 Å². The molecule has 0 saturated carbocycles. The van der Waals surface area contributed by atoms with Gasteiger partial charge >= 0.3 is 0 Å². The molecule has 2 aromatic rings. The molecule has 0 unspecified atom stereocenters. The van der Waals surface area contributed by atoms with Crippen molar-refractivity contribution in [3.8, 4) is 11.3 Å². The van der Waals surface area contributed by atoms with Crippen molar-refractivity contribution >= 4 is 6.29 Å². The summed E-state index contributed by atoms with van der Waals surface area (Å²) in [4.78, 5) is 19.5. The van der Waals surface area contributed by atoms with Gasteiger partial charge in [-0.05, 0) is 29.7 Å². The van der Waals surface area contributed by atoms with E-state index in [1.165, 1.54) is 0 Å². The number of pyridine rings is 2. The molecule has 0 aromatic carbocycles. The van der Waals surface area contributed by atoms with Gasteiger partial charge in [0.2, 0.25) is 0 Å². The number of aromatic nitrogens is 2. The van der Waals surface area contributed by atoms with Crippen molar-refractivity contribution in [3.05, 3.63) is 47.9 Å². The molecular formula is C14H14N2O. The number of carbonyl (C=O) groups is 1. The molecule has 0 spiro atoms. The maximum atomic E-state index is 11.1. The second-order valence-corrected chi connectivity index (χ2v) is 4.21. The van der Waals surface area contributed by atoms with E-state index in [0.717, 1.165) is 17.4 Å². The molecule has 2 heterocycles. The van der Waals surface area contributed by atoms with Crippen LogP contribution in [0.5, 0.6) is 0 Å². The highest BCUT2D eigenvalue weighted by Gasteiger charge is 2.08. The molecule has 0 aliphatic rings. The van der Waals surface area contributed by atoms with Crippen LogP contribution in [0.4, 0.5) is 0 Å². The van der Waals surface area contributed by atoms with Crippen molar-refractivity contribution in [1.82, 2.24) is 9.97 Å². The van der Waals surface area contributed by atoms with Crippen LogP contribution in [0.1, 0.15) is 35.7 Å². The second kappa shape index (κ2) is 4.87. The van der Waals surface area contributed by atoms with Gasteiger partial charge in [0, 0.05) is 29.7 Å². The van der Waals surface area contributed by atoms with E-state index in [1.54, 1.807) is 12.4 Å². The Morgan fingerprint density at radius 2 is 1.94 bits per heavy atom. The zero-order chi connectivity index (χ0) is 12.3. The summed E-state index contributed by atoms with van der Waals surface area (Å²) >= 11 is 0. The molecule has 2 aromatic heterocycles. The van der Waals surface area contributed by atoms with Gasteiger partial charge in [-0.1, -0.05) is 13.8 Å². The first kappa shape index (κ1) is 11.5. The summed E-state index contributed by atoms with van der Waals surface area (Å²) in [7, 11) is 0. The Kier molecular flexibility index (Phi) is 3.28. The molecule has 86 valence electrons. The SMILES string of the molecule is CC(C)c1cnc(-c2ccncc2)c(C=O)c1. The van der Waals surface area contributed by atoms with Crippen LogP contribution in [0.15, 0.2) is 36.8 Å². The normalized spacial score (nSPS) is 10.5. The Morgan fingerprint density at radius 1 is 1.24 bits per heavy atom. The molecule has 0 bridgehead atoms. The minimum Gasteiger partial charge on any atom is -0.298 e. The van der Waals surface area contributed by atoms with Gasteiger partial charge in [0.1, 0.15) is 0 Å². The lowest BCUT2D eigenvalue weighted by Gasteiger charge is -2.09. The number of aldehydes is 1. The molecule has 0 N–H and O–H groups in total. The summed E-state index contributed by atoms with van der Waals surface area (Å²) in [6.07, 6.45) is 6.08. The summed E-state index contributed by atoms with van der Waals surface area (Å²) < 4.78 is 0. The number of carbonyl (C=O) groups excluding carboxylic acids is 1. The fourth-order valence-electron chi connectivity index (χ4n) is 1.66. The van der Waals surface area contributed by atoms with Gasteiger partial charge < -0.3 is 0 Å². The Bertz CT molecular complexity index is 521. The third-order valence-electron chi connectivity index (χ3n) is 2.69. The molecule has 17 heavy (non-hydrogen) atoms. The summed E-state index contributed by atoms with van der Waals surface area (Å²) in [6.45, 7) is 4.16. The summed E-state index contributed by atoms with van der Waals surface area (Å²) in [5.74, 6) is 0.368. The summed E-state index contributed by atoms with van der Waals surface area (Å²) in [6, 6.07) is 5.61. The van der Waals surface area contributed by atoms with Crippen LogP contribution >= 0.6 is 0 Å². The van der Waals surface area contributed by atoms with Gasteiger partial charge in [0.05, 0.1) is 5.69 Å². The molecule has 3 heteroatoms. The number of hydrogen-bond donors (Lipinski definition) is 0. The van der Waals surface area contributed by atoms with E-state index in [4.69, 9.17) is 0 Å². The Hall–Kier alpha value is -2.03. The quantitative estimate of drug-likeness (QED) is 0.755. The topological polar surface area (TPSA) is 42.9 Å². The average molecular weight is 226 g/mol. The second-order valence-electron chi connectivity index (χ2n) is 4.21. The van der Waals surface area contributed by atoms with Crippen LogP contribution in [0.2, 0.25) is 0 Å². The fourth-order valence-corrected chi connectivity index (χ4v) is 1.66. The van der Waals surface area contributed by atoms with Gasteiger partial charge in [-0.3, -0.25) is 14.8 Å². The van der Waals surface area contributed by atoms with Gasteiger partial charge in [-0.15, -0.1) is 0 Å². The van der Waals surface area contributed by atoms with E-state index in [0.29, 0.717) is 17.2 Å². The largest absolute Gasteiger partial charge is 0.298 e. The fraction of sp³-hybridized carbons (Fsp3) is 0.214. The van der Waals surface area contributed by atoms with Crippen molar-refractivity contribution in [3.63, 3.8) is 0 Å². The first-order valence-corrected chi connectivity index (χ1v) is 5.58. The lowest BCUT2D eigenvalue weighted by Crippen LogP contribution is -1.96. The molecule has 0 aliphatic heterocycles. The maximum absolute atomic E-state index is 11.1. The van der Waals surface area contributed by atoms with Crippen molar-refractivity contribution in [2.45, 2.75) is 19.8 Å². The van der Waals surface area contributed by atoms with Gasteiger partial charge in [-0.25, -0.2) is 0 Å². The molecule has 0 fully saturated rings. The van der Waals surface area contributed by atoms with Crippen molar-refractivity contribution in [2.75, 3.05) is 0 Å². The van der Waals surface area contributed by atoms with Crippen LogP contribution in [0, 0.1) is 0 Å². The molecular weight excluding hydrogens is 212 g/mol. The molecule has 0 aliphatic carbocycles. The maximum Gasteiger partial charge on any atom is 0.152 e. The molecule has 0 saturated heterocycles. The van der Waals surface area contributed by atoms with Crippen LogP contribution < -0.4 is 0 Å². The van der Waals surface area contributed by atoms with Crippen LogP contribution in [-0.2, 0) is 0 Å². The number of nitrogens with zero attached hydrogens (tertiary/aromatic N) is 2. The predicted octanol–water partition coefficient (Wildman–Crippen LogP) is 3.08. The van der Waals surface area contributed by atoms with Crippen molar-refractivity contribution in [2.24, 2.45) is 0 Å². The zero-order valence-corrected chi connectivity index (χ0v) is 9.92.